The van der Waals surface area contributed by atoms with Gasteiger partial charge >= 0.3 is 6.18 Å². The first kappa shape index (κ1) is 26.9. The second-order valence-corrected chi connectivity index (χ2v) is 9.09. The summed E-state index contributed by atoms with van der Waals surface area (Å²) in [4.78, 5) is 16.2. The molecule has 4 rings (SSSR count). The molecule has 2 aromatic rings. The van der Waals surface area contributed by atoms with Gasteiger partial charge in [0.15, 0.2) is 0 Å². The van der Waals surface area contributed by atoms with E-state index in [-0.39, 0.29) is 12.5 Å². The summed E-state index contributed by atoms with van der Waals surface area (Å²) in [5, 5.41) is 10.5. The van der Waals surface area contributed by atoms with Crippen LogP contribution in [0.15, 0.2) is 60.7 Å². The van der Waals surface area contributed by atoms with E-state index in [9.17, 15) is 23.1 Å². The number of halogens is 3. The quantitative estimate of drug-likeness (QED) is 0.536. The highest BCUT2D eigenvalue weighted by molar-refractivity contribution is 5.92. The lowest BCUT2D eigenvalue weighted by molar-refractivity contribution is -0.137. The van der Waals surface area contributed by atoms with E-state index in [4.69, 9.17) is 9.47 Å². The zero-order chi connectivity index (χ0) is 26.3. The largest absolute Gasteiger partial charge is 0.490 e. The molecule has 9 heteroatoms. The standard InChI is InChI=1S/C28H31F3N2O4/c29-28(30,31)24-8-5-21(6-9-24)22-11-13-32(14-12-22)19-25(34)20-37-26-4-2-1-3-23(26)7-10-27(35)33-15-17-36-18-16-33/h1-11,25,34H,12-20H2. The molecular weight excluding hydrogens is 485 g/mol. The molecule has 0 aliphatic carbocycles. The van der Waals surface area contributed by atoms with Crippen molar-refractivity contribution in [2.75, 3.05) is 52.5 Å². The Hall–Kier alpha value is -3.14. The van der Waals surface area contributed by atoms with Crippen LogP contribution in [0.4, 0.5) is 13.2 Å². The number of morpholine rings is 1. The highest BCUT2D eigenvalue weighted by Crippen LogP contribution is 2.31. The first-order valence-corrected chi connectivity index (χ1v) is 12.3. The number of β-amino-alcohol motifs (C(OH)–C–C–N with tert-alkyl or cyclic N) is 1. The van der Waals surface area contributed by atoms with Crippen molar-refractivity contribution < 1.29 is 32.5 Å². The highest BCUT2D eigenvalue weighted by Gasteiger charge is 2.30. The molecule has 6 nitrogen and oxygen atoms in total. The molecular formula is C28H31F3N2O4. The summed E-state index contributed by atoms with van der Waals surface area (Å²) in [5.41, 5.74) is 1.88. The Balaban J connectivity index is 1.26. The third-order valence-electron chi connectivity index (χ3n) is 6.42. The van der Waals surface area contributed by atoms with Crippen molar-refractivity contribution in [3.8, 4) is 5.75 Å². The molecule has 2 aromatic carbocycles. The van der Waals surface area contributed by atoms with Crippen molar-refractivity contribution in [2.24, 2.45) is 0 Å². The molecule has 2 aliphatic heterocycles. The summed E-state index contributed by atoms with van der Waals surface area (Å²) in [5.74, 6) is 0.502. The van der Waals surface area contributed by atoms with E-state index in [0.717, 1.165) is 28.8 Å². The molecule has 0 aromatic heterocycles. The lowest BCUT2D eigenvalue weighted by Gasteiger charge is -2.28. The molecule has 1 saturated heterocycles. The number of carbonyl (C=O) groups is 1. The topological polar surface area (TPSA) is 62.2 Å². The molecule has 1 atom stereocenters. The molecule has 0 bridgehead atoms. The first-order chi connectivity index (χ1) is 17.8. The molecule has 1 N–H and O–H groups in total. The Morgan fingerprint density at radius 3 is 2.49 bits per heavy atom. The minimum Gasteiger partial charge on any atom is -0.490 e. The summed E-state index contributed by atoms with van der Waals surface area (Å²) in [6.07, 6.45) is 0.851. The minimum atomic E-state index is -4.34. The van der Waals surface area contributed by atoms with Crippen LogP contribution < -0.4 is 4.74 Å². The van der Waals surface area contributed by atoms with Crippen LogP contribution in [0.2, 0.25) is 0 Å². The molecule has 0 radical (unpaired) electrons. The van der Waals surface area contributed by atoms with E-state index in [1.807, 2.05) is 24.3 Å². The van der Waals surface area contributed by atoms with E-state index < -0.39 is 17.8 Å². The van der Waals surface area contributed by atoms with Crippen LogP contribution in [-0.4, -0.2) is 79.5 Å². The van der Waals surface area contributed by atoms with Gasteiger partial charge in [0.25, 0.3) is 0 Å². The number of benzene rings is 2. The van der Waals surface area contributed by atoms with Crippen LogP contribution in [0.3, 0.4) is 0 Å². The number of hydrogen-bond acceptors (Lipinski definition) is 5. The average Bonchev–Trinajstić information content (AvgIpc) is 2.91. The lowest BCUT2D eigenvalue weighted by atomic mass is 9.98. The number of rotatable bonds is 8. The zero-order valence-corrected chi connectivity index (χ0v) is 20.5. The van der Waals surface area contributed by atoms with Crippen molar-refractivity contribution >= 4 is 17.6 Å². The van der Waals surface area contributed by atoms with Gasteiger partial charge in [-0.2, -0.15) is 13.2 Å². The fourth-order valence-electron chi connectivity index (χ4n) is 4.35. The summed E-state index contributed by atoms with van der Waals surface area (Å²) >= 11 is 0. The SMILES string of the molecule is O=C(C=Cc1ccccc1OCC(O)CN1CC=C(c2ccc(C(F)(F)F)cc2)CC1)N1CCOCC1. The summed E-state index contributed by atoms with van der Waals surface area (Å²) in [6.45, 7) is 4.01. The van der Waals surface area contributed by atoms with Crippen molar-refractivity contribution in [1.29, 1.82) is 0 Å². The Morgan fingerprint density at radius 1 is 1.08 bits per heavy atom. The van der Waals surface area contributed by atoms with Gasteiger partial charge in [-0.1, -0.05) is 36.4 Å². The molecule has 0 spiro atoms. The Bertz CT molecular complexity index is 1110. The molecule has 2 heterocycles. The van der Waals surface area contributed by atoms with Crippen LogP contribution in [0, 0.1) is 0 Å². The Morgan fingerprint density at radius 2 is 1.81 bits per heavy atom. The van der Waals surface area contributed by atoms with E-state index in [1.165, 1.54) is 18.2 Å². The van der Waals surface area contributed by atoms with Crippen molar-refractivity contribution in [3.63, 3.8) is 0 Å². The van der Waals surface area contributed by atoms with E-state index in [1.54, 1.807) is 17.0 Å². The molecule has 0 saturated carbocycles. The summed E-state index contributed by atoms with van der Waals surface area (Å²) in [7, 11) is 0. The molecule has 1 fully saturated rings. The maximum absolute atomic E-state index is 12.8. The van der Waals surface area contributed by atoms with Gasteiger partial charge in [0, 0.05) is 44.4 Å². The molecule has 1 amide bonds. The molecule has 1 unspecified atom stereocenters. The first-order valence-electron chi connectivity index (χ1n) is 12.3. The second-order valence-electron chi connectivity index (χ2n) is 9.09. The number of carbonyl (C=O) groups excluding carboxylic acids is 1. The van der Waals surface area contributed by atoms with Gasteiger partial charge in [0.2, 0.25) is 5.91 Å². The summed E-state index contributed by atoms with van der Waals surface area (Å²) in [6, 6.07) is 12.6. The van der Waals surface area contributed by atoms with Gasteiger partial charge in [-0.05, 0) is 41.8 Å². The monoisotopic (exact) mass is 516 g/mol. The number of para-hydroxylation sites is 1. The summed E-state index contributed by atoms with van der Waals surface area (Å²) < 4.78 is 49.5. The van der Waals surface area contributed by atoms with Crippen LogP contribution in [0.1, 0.15) is 23.1 Å². The minimum absolute atomic E-state index is 0.0769. The van der Waals surface area contributed by atoms with Crippen LogP contribution >= 0.6 is 0 Å². The predicted octanol–water partition coefficient (Wildman–Crippen LogP) is 4.11. The van der Waals surface area contributed by atoms with Gasteiger partial charge in [-0.25, -0.2) is 0 Å². The van der Waals surface area contributed by atoms with Crippen molar-refractivity contribution in [1.82, 2.24) is 9.80 Å². The molecule has 2 aliphatic rings. The van der Waals surface area contributed by atoms with Gasteiger partial charge in [0.1, 0.15) is 18.5 Å². The van der Waals surface area contributed by atoms with Crippen LogP contribution in [0.25, 0.3) is 11.6 Å². The Labute approximate surface area is 214 Å². The number of nitrogens with zero attached hydrogens (tertiary/aromatic N) is 2. The number of alkyl halides is 3. The number of hydrogen-bond donors (Lipinski definition) is 1. The third-order valence-corrected chi connectivity index (χ3v) is 6.42. The normalized spacial score (nSPS) is 18.1. The molecule has 37 heavy (non-hydrogen) atoms. The van der Waals surface area contributed by atoms with Gasteiger partial charge in [0.05, 0.1) is 18.8 Å². The number of aliphatic hydroxyl groups is 1. The highest BCUT2D eigenvalue weighted by atomic mass is 19.4. The van der Waals surface area contributed by atoms with Crippen molar-refractivity contribution in [3.05, 3.63) is 77.4 Å². The lowest BCUT2D eigenvalue weighted by Crippen LogP contribution is -2.39. The Kier molecular flexibility index (Phi) is 9.02. The predicted molar refractivity (Wildman–Crippen MR) is 135 cm³/mol. The van der Waals surface area contributed by atoms with Crippen LogP contribution in [-0.2, 0) is 15.7 Å². The second kappa shape index (κ2) is 12.4. The van der Waals surface area contributed by atoms with Gasteiger partial charge < -0.3 is 19.5 Å². The van der Waals surface area contributed by atoms with Gasteiger partial charge in [-0.15, -0.1) is 0 Å². The van der Waals surface area contributed by atoms with Crippen LogP contribution in [0.5, 0.6) is 5.75 Å². The van der Waals surface area contributed by atoms with Crippen molar-refractivity contribution in [2.45, 2.75) is 18.7 Å². The maximum atomic E-state index is 12.8. The average molecular weight is 517 g/mol. The number of ether oxygens (including phenoxy) is 2. The van der Waals surface area contributed by atoms with Gasteiger partial charge in [-0.3, -0.25) is 9.69 Å². The van der Waals surface area contributed by atoms with E-state index >= 15 is 0 Å². The fourth-order valence-corrected chi connectivity index (χ4v) is 4.35. The molecule has 198 valence electrons. The zero-order valence-electron chi connectivity index (χ0n) is 20.5. The van der Waals surface area contributed by atoms with E-state index in [0.29, 0.717) is 58.1 Å². The maximum Gasteiger partial charge on any atom is 0.416 e. The number of amides is 1. The van der Waals surface area contributed by atoms with E-state index in [2.05, 4.69) is 4.90 Å². The smallest absolute Gasteiger partial charge is 0.416 e. The third kappa shape index (κ3) is 7.67. The fraction of sp³-hybridized carbons (Fsp3) is 0.393. The number of aliphatic hydroxyl groups excluding tert-OH is 1.